The second-order valence-electron chi connectivity index (χ2n) is 5.80. The number of imide groups is 1. The fourth-order valence-corrected chi connectivity index (χ4v) is 2.92. The number of nitrogens with zero attached hydrogens (tertiary/aromatic N) is 2. The first-order valence-corrected chi connectivity index (χ1v) is 7.93. The van der Waals surface area contributed by atoms with E-state index in [1.807, 2.05) is 0 Å². The molecule has 24 heavy (non-hydrogen) atoms. The highest BCUT2D eigenvalue weighted by Crippen LogP contribution is 2.28. The van der Waals surface area contributed by atoms with Gasteiger partial charge in [0.15, 0.2) is 5.76 Å². The highest BCUT2D eigenvalue weighted by molar-refractivity contribution is 6.34. The van der Waals surface area contributed by atoms with E-state index in [0.29, 0.717) is 25.2 Å². The van der Waals surface area contributed by atoms with Crippen molar-refractivity contribution in [1.29, 1.82) is 0 Å². The quantitative estimate of drug-likeness (QED) is 0.819. The van der Waals surface area contributed by atoms with Gasteiger partial charge in [-0.05, 0) is 24.1 Å². The number of aliphatic hydroxyl groups is 1. The topological polar surface area (TPSA) is 70.1 Å². The molecule has 0 atom stereocenters. The summed E-state index contributed by atoms with van der Waals surface area (Å²) in [4.78, 5) is 27.9. The van der Waals surface area contributed by atoms with Crippen LogP contribution in [0.1, 0.15) is 12.0 Å². The molecule has 0 aromatic heterocycles. The van der Waals surface area contributed by atoms with Gasteiger partial charge in [0.2, 0.25) is 0 Å². The van der Waals surface area contributed by atoms with E-state index in [1.165, 1.54) is 24.3 Å². The van der Waals surface area contributed by atoms with Gasteiger partial charge in [-0.3, -0.25) is 19.4 Å². The summed E-state index contributed by atoms with van der Waals surface area (Å²) in [6.45, 7) is 4.06. The van der Waals surface area contributed by atoms with E-state index >= 15 is 0 Å². The monoisotopic (exact) mass is 334 g/mol. The van der Waals surface area contributed by atoms with E-state index in [4.69, 9.17) is 4.74 Å². The van der Waals surface area contributed by atoms with Crippen LogP contribution in [0.4, 0.5) is 4.39 Å². The zero-order valence-corrected chi connectivity index (χ0v) is 13.2. The third kappa shape index (κ3) is 3.32. The van der Waals surface area contributed by atoms with Crippen LogP contribution in [0.5, 0.6) is 0 Å². The van der Waals surface area contributed by atoms with Gasteiger partial charge in [-0.2, -0.15) is 0 Å². The number of benzene rings is 1. The maximum Gasteiger partial charge on any atom is 0.296 e. The number of hydrogen-bond acceptors (Lipinski definition) is 5. The third-order valence-electron chi connectivity index (χ3n) is 4.24. The number of morpholine rings is 1. The molecule has 0 unspecified atom stereocenters. The summed E-state index contributed by atoms with van der Waals surface area (Å²) >= 11 is 0. The zero-order chi connectivity index (χ0) is 17.1. The summed E-state index contributed by atoms with van der Waals surface area (Å²) in [7, 11) is 0. The Morgan fingerprint density at radius 1 is 1.04 bits per heavy atom. The standard InChI is InChI=1S/C17H19FN2O4/c18-13-4-2-12(3-5-13)14-15(21)17(23)20(16(14)22)7-1-6-19-8-10-24-11-9-19/h2-5,21H,1,6-11H2. The molecule has 1 aromatic rings. The number of halogens is 1. The van der Waals surface area contributed by atoms with E-state index in [0.717, 1.165) is 24.5 Å². The summed E-state index contributed by atoms with van der Waals surface area (Å²) in [6, 6.07) is 5.13. The molecule has 0 aliphatic carbocycles. The Balaban J connectivity index is 1.63. The van der Waals surface area contributed by atoms with Crippen molar-refractivity contribution < 1.29 is 23.8 Å². The number of carbonyl (C=O) groups is 2. The Kier molecular flexibility index (Phi) is 4.92. The predicted molar refractivity (Wildman–Crippen MR) is 84.5 cm³/mol. The first-order valence-electron chi connectivity index (χ1n) is 7.93. The van der Waals surface area contributed by atoms with Gasteiger partial charge >= 0.3 is 0 Å². The van der Waals surface area contributed by atoms with Crippen molar-refractivity contribution in [1.82, 2.24) is 9.80 Å². The molecule has 0 radical (unpaired) electrons. The Hall–Kier alpha value is -2.25. The SMILES string of the molecule is O=C1C(O)=C(c2ccc(F)cc2)C(=O)N1CCCN1CCOCC1. The molecule has 3 rings (SSSR count). The number of ether oxygens (including phenoxy) is 1. The van der Waals surface area contributed by atoms with E-state index in [-0.39, 0.29) is 12.1 Å². The second-order valence-corrected chi connectivity index (χ2v) is 5.80. The maximum atomic E-state index is 13.0. The lowest BCUT2D eigenvalue weighted by molar-refractivity contribution is -0.138. The highest BCUT2D eigenvalue weighted by Gasteiger charge is 2.38. The lowest BCUT2D eigenvalue weighted by atomic mass is 10.1. The Morgan fingerprint density at radius 3 is 2.38 bits per heavy atom. The average Bonchev–Trinajstić information content (AvgIpc) is 2.80. The van der Waals surface area contributed by atoms with Gasteiger partial charge in [-0.15, -0.1) is 0 Å². The van der Waals surface area contributed by atoms with Crippen molar-refractivity contribution in [2.24, 2.45) is 0 Å². The van der Waals surface area contributed by atoms with Crippen LogP contribution in [-0.2, 0) is 14.3 Å². The fourth-order valence-electron chi connectivity index (χ4n) is 2.92. The van der Waals surface area contributed by atoms with Gasteiger partial charge in [0.05, 0.1) is 18.8 Å². The zero-order valence-electron chi connectivity index (χ0n) is 13.2. The molecule has 2 aliphatic rings. The number of rotatable bonds is 5. The minimum Gasteiger partial charge on any atom is -0.502 e. The lowest BCUT2D eigenvalue weighted by Gasteiger charge is -2.27. The van der Waals surface area contributed by atoms with Crippen LogP contribution in [0.15, 0.2) is 30.0 Å². The molecule has 128 valence electrons. The Labute approximate surface area is 139 Å². The van der Waals surface area contributed by atoms with Crippen LogP contribution >= 0.6 is 0 Å². The van der Waals surface area contributed by atoms with Gasteiger partial charge in [0.25, 0.3) is 11.8 Å². The summed E-state index contributed by atoms with van der Waals surface area (Å²) in [5, 5.41) is 10.0. The molecule has 2 amide bonds. The molecule has 1 saturated heterocycles. The van der Waals surface area contributed by atoms with Crippen LogP contribution in [0, 0.1) is 5.82 Å². The van der Waals surface area contributed by atoms with Crippen LogP contribution in [0.25, 0.3) is 5.57 Å². The third-order valence-corrected chi connectivity index (χ3v) is 4.24. The summed E-state index contributed by atoms with van der Waals surface area (Å²) in [6.07, 6.45) is 0.626. The van der Waals surface area contributed by atoms with Gasteiger partial charge < -0.3 is 9.84 Å². The van der Waals surface area contributed by atoms with Crippen molar-refractivity contribution in [2.75, 3.05) is 39.4 Å². The normalized spacial score (nSPS) is 19.5. The van der Waals surface area contributed by atoms with Gasteiger partial charge in [-0.25, -0.2) is 4.39 Å². The molecular formula is C17H19FN2O4. The molecule has 1 aromatic carbocycles. The molecule has 2 heterocycles. The van der Waals surface area contributed by atoms with Crippen molar-refractivity contribution >= 4 is 17.4 Å². The number of hydrogen-bond donors (Lipinski definition) is 1. The minimum absolute atomic E-state index is 0.0635. The van der Waals surface area contributed by atoms with Crippen molar-refractivity contribution in [3.05, 3.63) is 41.4 Å². The molecule has 1 N–H and O–H groups in total. The van der Waals surface area contributed by atoms with E-state index in [1.54, 1.807) is 0 Å². The number of carbonyl (C=O) groups excluding carboxylic acids is 2. The molecule has 6 nitrogen and oxygen atoms in total. The largest absolute Gasteiger partial charge is 0.502 e. The summed E-state index contributed by atoms with van der Waals surface area (Å²) < 4.78 is 18.3. The van der Waals surface area contributed by atoms with Crippen LogP contribution in [0.3, 0.4) is 0 Å². The van der Waals surface area contributed by atoms with Crippen LogP contribution in [-0.4, -0.2) is 66.1 Å². The minimum atomic E-state index is -0.693. The van der Waals surface area contributed by atoms with Crippen LogP contribution < -0.4 is 0 Å². The van der Waals surface area contributed by atoms with E-state index < -0.39 is 23.4 Å². The molecule has 2 aliphatic heterocycles. The molecule has 7 heteroatoms. The lowest BCUT2D eigenvalue weighted by Crippen LogP contribution is -2.39. The van der Waals surface area contributed by atoms with Crippen molar-refractivity contribution in [3.8, 4) is 0 Å². The Morgan fingerprint density at radius 2 is 1.71 bits per heavy atom. The number of amides is 2. The summed E-state index contributed by atoms with van der Waals surface area (Å²) in [5.74, 6) is -2.25. The average molecular weight is 334 g/mol. The van der Waals surface area contributed by atoms with Gasteiger partial charge in [0, 0.05) is 26.2 Å². The first-order chi connectivity index (χ1) is 11.6. The predicted octanol–water partition coefficient (Wildman–Crippen LogP) is 1.19. The second kappa shape index (κ2) is 7.11. The van der Waals surface area contributed by atoms with Crippen LogP contribution in [0.2, 0.25) is 0 Å². The molecule has 1 fully saturated rings. The molecule has 0 bridgehead atoms. The van der Waals surface area contributed by atoms with Gasteiger partial charge in [-0.1, -0.05) is 12.1 Å². The Bertz CT molecular complexity index is 666. The van der Waals surface area contributed by atoms with E-state index in [2.05, 4.69) is 4.90 Å². The van der Waals surface area contributed by atoms with Gasteiger partial charge in [0.1, 0.15) is 5.82 Å². The highest BCUT2D eigenvalue weighted by atomic mass is 19.1. The molecular weight excluding hydrogens is 315 g/mol. The molecule has 0 spiro atoms. The van der Waals surface area contributed by atoms with Crippen molar-refractivity contribution in [3.63, 3.8) is 0 Å². The first kappa shape index (κ1) is 16.6. The van der Waals surface area contributed by atoms with E-state index in [9.17, 15) is 19.1 Å². The summed E-state index contributed by atoms with van der Waals surface area (Å²) in [5.41, 5.74) is 0.273. The van der Waals surface area contributed by atoms with Crippen molar-refractivity contribution in [2.45, 2.75) is 6.42 Å². The molecule has 0 saturated carbocycles. The fraction of sp³-hybridized carbons (Fsp3) is 0.412. The number of aliphatic hydroxyl groups excluding tert-OH is 1. The maximum absolute atomic E-state index is 13.0. The smallest absolute Gasteiger partial charge is 0.296 e.